The van der Waals surface area contributed by atoms with Crippen LogP contribution in [-0.2, 0) is 7.05 Å². The van der Waals surface area contributed by atoms with E-state index >= 15 is 0 Å². The minimum absolute atomic E-state index is 0.0551. The van der Waals surface area contributed by atoms with Crippen LogP contribution in [0, 0.1) is 6.92 Å². The van der Waals surface area contributed by atoms with Gasteiger partial charge in [-0.3, -0.25) is 9.48 Å². The molecule has 0 bridgehead atoms. The summed E-state index contributed by atoms with van der Waals surface area (Å²) in [5, 5.41) is 3.55. The van der Waals surface area contributed by atoms with Gasteiger partial charge in [0.2, 0.25) is 0 Å². The Morgan fingerprint density at radius 2 is 1.47 bits per heavy atom. The molecule has 3 aromatic carbocycles. The molecule has 0 aliphatic heterocycles. The molecule has 1 heterocycles. The Labute approximate surface area is 176 Å². The van der Waals surface area contributed by atoms with E-state index < -0.39 is 0 Å². The maximum atomic E-state index is 13.7. The average molecular weight is 399 g/mol. The van der Waals surface area contributed by atoms with E-state index in [4.69, 9.17) is 4.74 Å². The lowest BCUT2D eigenvalue weighted by molar-refractivity contribution is 0.408. The number of rotatable bonds is 6. The second-order valence-electron chi connectivity index (χ2n) is 7.16. The smallest absolute Gasteiger partial charge is 0.277 e. The van der Waals surface area contributed by atoms with Crippen molar-refractivity contribution in [1.29, 1.82) is 0 Å². The van der Waals surface area contributed by atoms with E-state index in [1.807, 2.05) is 104 Å². The fourth-order valence-corrected chi connectivity index (χ4v) is 3.83. The molecule has 0 radical (unpaired) electrons. The molecular formula is C25H25N3O2. The van der Waals surface area contributed by atoms with Crippen LogP contribution in [0.2, 0.25) is 0 Å². The van der Waals surface area contributed by atoms with Crippen molar-refractivity contribution in [2.24, 2.45) is 7.05 Å². The Bertz CT molecular complexity index is 1190. The van der Waals surface area contributed by atoms with Gasteiger partial charge in [-0.15, -0.1) is 0 Å². The SMILES string of the molecule is COc1ccccc1C(Nc1ccccc1)c1c(C)n(C)n(-c2ccccc2)c1=O. The molecule has 0 fully saturated rings. The molecule has 4 aromatic rings. The lowest BCUT2D eigenvalue weighted by Gasteiger charge is -2.22. The van der Waals surface area contributed by atoms with Crippen LogP contribution in [-0.4, -0.2) is 16.5 Å². The van der Waals surface area contributed by atoms with Gasteiger partial charge in [-0.05, 0) is 37.3 Å². The van der Waals surface area contributed by atoms with E-state index in [9.17, 15) is 4.79 Å². The molecule has 152 valence electrons. The number of hydrogen-bond donors (Lipinski definition) is 1. The van der Waals surface area contributed by atoms with Gasteiger partial charge >= 0.3 is 0 Å². The normalized spacial score (nSPS) is 11.8. The number of ether oxygens (including phenoxy) is 1. The van der Waals surface area contributed by atoms with E-state index in [1.165, 1.54) is 0 Å². The van der Waals surface area contributed by atoms with Gasteiger partial charge in [0.05, 0.1) is 24.4 Å². The van der Waals surface area contributed by atoms with Gasteiger partial charge in [-0.2, -0.15) is 0 Å². The second kappa shape index (κ2) is 8.33. The molecule has 0 aliphatic carbocycles. The van der Waals surface area contributed by atoms with Crippen LogP contribution in [0.25, 0.3) is 5.69 Å². The van der Waals surface area contributed by atoms with Crippen LogP contribution in [0.4, 0.5) is 5.69 Å². The largest absolute Gasteiger partial charge is 0.496 e. The molecule has 1 N–H and O–H groups in total. The Morgan fingerprint density at radius 1 is 0.867 bits per heavy atom. The molecule has 1 aromatic heterocycles. The molecule has 5 heteroatoms. The summed E-state index contributed by atoms with van der Waals surface area (Å²) in [5.74, 6) is 0.736. The molecule has 0 aliphatic rings. The third-order valence-electron chi connectivity index (χ3n) is 5.42. The first-order valence-electron chi connectivity index (χ1n) is 9.90. The van der Waals surface area contributed by atoms with Gasteiger partial charge in [0, 0.05) is 24.0 Å². The topological polar surface area (TPSA) is 48.2 Å². The number of nitrogens with one attached hydrogen (secondary N) is 1. The van der Waals surface area contributed by atoms with Gasteiger partial charge in [0.15, 0.2) is 0 Å². The van der Waals surface area contributed by atoms with Crippen molar-refractivity contribution in [1.82, 2.24) is 9.36 Å². The predicted molar refractivity (Wildman–Crippen MR) is 121 cm³/mol. The molecule has 0 amide bonds. The van der Waals surface area contributed by atoms with Crippen LogP contribution < -0.4 is 15.6 Å². The Balaban J connectivity index is 1.93. The highest BCUT2D eigenvalue weighted by molar-refractivity contribution is 5.53. The fourth-order valence-electron chi connectivity index (χ4n) is 3.83. The van der Waals surface area contributed by atoms with Crippen molar-refractivity contribution in [3.05, 3.63) is 112 Å². The Kier molecular flexibility index (Phi) is 5.44. The van der Waals surface area contributed by atoms with Crippen molar-refractivity contribution in [3.63, 3.8) is 0 Å². The molecule has 30 heavy (non-hydrogen) atoms. The third kappa shape index (κ3) is 3.50. The van der Waals surface area contributed by atoms with Gasteiger partial charge < -0.3 is 10.1 Å². The summed E-state index contributed by atoms with van der Waals surface area (Å²) in [7, 11) is 3.56. The van der Waals surface area contributed by atoms with Crippen LogP contribution in [0.3, 0.4) is 0 Å². The predicted octanol–water partition coefficient (Wildman–Crippen LogP) is 4.69. The van der Waals surface area contributed by atoms with E-state index in [2.05, 4.69) is 5.32 Å². The summed E-state index contributed by atoms with van der Waals surface area (Å²) in [6, 6.07) is 27.0. The Morgan fingerprint density at radius 3 is 2.13 bits per heavy atom. The number of para-hydroxylation sites is 3. The summed E-state index contributed by atoms with van der Waals surface area (Å²) >= 11 is 0. The van der Waals surface area contributed by atoms with Gasteiger partial charge in [-0.1, -0.05) is 54.6 Å². The zero-order valence-electron chi connectivity index (χ0n) is 17.4. The number of nitrogens with zero attached hydrogens (tertiary/aromatic N) is 2. The van der Waals surface area contributed by atoms with Crippen molar-refractivity contribution in [2.45, 2.75) is 13.0 Å². The van der Waals surface area contributed by atoms with Crippen molar-refractivity contribution in [3.8, 4) is 11.4 Å². The summed E-state index contributed by atoms with van der Waals surface area (Å²) in [4.78, 5) is 13.7. The van der Waals surface area contributed by atoms with E-state index in [0.717, 1.165) is 28.4 Å². The maximum Gasteiger partial charge on any atom is 0.277 e. The van der Waals surface area contributed by atoms with E-state index in [1.54, 1.807) is 11.8 Å². The maximum absolute atomic E-state index is 13.7. The van der Waals surface area contributed by atoms with Crippen LogP contribution in [0.15, 0.2) is 89.7 Å². The van der Waals surface area contributed by atoms with Gasteiger partial charge in [0.25, 0.3) is 5.56 Å². The first-order chi connectivity index (χ1) is 14.6. The minimum atomic E-state index is -0.368. The van der Waals surface area contributed by atoms with Crippen molar-refractivity contribution >= 4 is 5.69 Å². The zero-order chi connectivity index (χ0) is 21.1. The van der Waals surface area contributed by atoms with Crippen molar-refractivity contribution in [2.75, 3.05) is 12.4 Å². The molecule has 1 unspecified atom stereocenters. The molecule has 0 saturated carbocycles. The highest BCUT2D eigenvalue weighted by Crippen LogP contribution is 2.33. The molecule has 1 atom stereocenters. The molecular weight excluding hydrogens is 374 g/mol. The summed E-state index contributed by atoms with van der Waals surface area (Å²) in [6.07, 6.45) is 0. The van der Waals surface area contributed by atoms with Crippen molar-refractivity contribution < 1.29 is 4.74 Å². The molecule has 0 saturated heterocycles. The summed E-state index contributed by atoms with van der Waals surface area (Å²) in [6.45, 7) is 1.98. The Hall–Kier alpha value is -3.73. The fraction of sp³-hybridized carbons (Fsp3) is 0.160. The number of hydrogen-bond acceptors (Lipinski definition) is 3. The molecule has 0 spiro atoms. The summed E-state index contributed by atoms with van der Waals surface area (Å²) in [5.41, 5.74) is 4.20. The number of methoxy groups -OCH3 is 1. The lowest BCUT2D eigenvalue weighted by Crippen LogP contribution is -2.25. The second-order valence-corrected chi connectivity index (χ2v) is 7.16. The highest BCUT2D eigenvalue weighted by Gasteiger charge is 2.27. The first-order valence-corrected chi connectivity index (χ1v) is 9.90. The first kappa shape index (κ1) is 19.6. The average Bonchev–Trinajstić information content (AvgIpc) is 3.01. The summed E-state index contributed by atoms with van der Waals surface area (Å²) < 4.78 is 9.24. The van der Waals surface area contributed by atoms with E-state index in [0.29, 0.717) is 5.56 Å². The minimum Gasteiger partial charge on any atom is -0.496 e. The van der Waals surface area contributed by atoms with Gasteiger partial charge in [0.1, 0.15) is 5.75 Å². The number of aromatic nitrogens is 2. The molecule has 5 nitrogen and oxygen atoms in total. The van der Waals surface area contributed by atoms with Crippen LogP contribution in [0.1, 0.15) is 22.9 Å². The van der Waals surface area contributed by atoms with Crippen LogP contribution >= 0.6 is 0 Å². The quantitative estimate of drug-likeness (QED) is 0.511. The standard InChI is InChI=1S/C25H25N3O2/c1-18-23(25(29)28(27(18)2)20-14-8-5-9-15-20)24(26-19-12-6-4-7-13-19)21-16-10-11-17-22(21)30-3/h4-17,24,26H,1-3H3. The number of anilines is 1. The van der Waals surface area contributed by atoms with Gasteiger partial charge in [-0.25, -0.2) is 4.68 Å². The third-order valence-corrected chi connectivity index (χ3v) is 5.42. The highest BCUT2D eigenvalue weighted by atomic mass is 16.5. The lowest BCUT2D eigenvalue weighted by atomic mass is 9.97. The van der Waals surface area contributed by atoms with Crippen LogP contribution in [0.5, 0.6) is 5.75 Å². The monoisotopic (exact) mass is 399 g/mol. The number of benzene rings is 3. The molecule has 4 rings (SSSR count). The zero-order valence-corrected chi connectivity index (χ0v) is 17.4. The van der Waals surface area contributed by atoms with E-state index in [-0.39, 0.29) is 11.6 Å².